The minimum atomic E-state index is -0.849. The number of hydrogen-bond donors (Lipinski definition) is 2. The molecule has 4 nitrogen and oxygen atoms in total. The molecule has 5 rings (SSSR count). The summed E-state index contributed by atoms with van der Waals surface area (Å²) in [6, 6.07) is 0.592. The van der Waals surface area contributed by atoms with Crippen LogP contribution in [0.3, 0.4) is 0 Å². The Hall–Kier alpha value is -0.940. The molecule has 3 bridgehead atoms. The van der Waals surface area contributed by atoms with Gasteiger partial charge in [0.25, 0.3) is 0 Å². The quantitative estimate of drug-likeness (QED) is 0.645. The standard InChI is InChI=1S/C26H40N2O2/c29-19-21-17-26(30)13-8-4-1-2-5-9-14-27-16-12-23(21)25(20-27)18-22-11-7-3-6-10-15-28(22)24(25)26/h1,4,7,11,17,22-24,29-30H,2-3,5-6,8-10,12-16,18-20H2/b4-1-,11-7-/t22-,23+,24+,25+,26+/m0/s1. The van der Waals surface area contributed by atoms with Crippen molar-refractivity contribution in [3.63, 3.8) is 0 Å². The van der Waals surface area contributed by atoms with E-state index in [1.165, 1.54) is 38.6 Å². The van der Waals surface area contributed by atoms with Gasteiger partial charge in [-0.3, -0.25) is 4.90 Å². The highest BCUT2D eigenvalue weighted by molar-refractivity contribution is 5.34. The Morgan fingerprint density at radius 2 is 1.77 bits per heavy atom. The molecule has 4 aliphatic heterocycles. The monoisotopic (exact) mass is 412 g/mol. The summed E-state index contributed by atoms with van der Waals surface area (Å²) in [7, 11) is 0. The fourth-order valence-corrected chi connectivity index (χ4v) is 7.66. The predicted molar refractivity (Wildman–Crippen MR) is 121 cm³/mol. The molecule has 1 unspecified atom stereocenters. The highest BCUT2D eigenvalue weighted by atomic mass is 16.3. The third-order valence-corrected chi connectivity index (χ3v) is 8.74. The zero-order valence-corrected chi connectivity index (χ0v) is 18.5. The van der Waals surface area contributed by atoms with E-state index in [4.69, 9.17) is 0 Å². The van der Waals surface area contributed by atoms with Gasteiger partial charge in [-0.25, -0.2) is 0 Å². The summed E-state index contributed by atoms with van der Waals surface area (Å²) in [6.45, 7) is 4.57. The Morgan fingerprint density at radius 3 is 2.63 bits per heavy atom. The van der Waals surface area contributed by atoms with E-state index in [1.807, 2.05) is 0 Å². The lowest BCUT2D eigenvalue weighted by Gasteiger charge is -2.58. The highest BCUT2D eigenvalue weighted by Gasteiger charge is 2.65. The maximum absolute atomic E-state index is 12.2. The van der Waals surface area contributed by atoms with Gasteiger partial charge in [0.05, 0.1) is 18.2 Å². The number of rotatable bonds is 1. The number of nitrogens with zero attached hydrogens (tertiary/aromatic N) is 2. The summed E-state index contributed by atoms with van der Waals surface area (Å²) < 4.78 is 0. The number of piperidine rings is 1. The van der Waals surface area contributed by atoms with Crippen LogP contribution >= 0.6 is 0 Å². The third-order valence-electron chi connectivity index (χ3n) is 8.74. The molecule has 2 N–H and O–H groups in total. The van der Waals surface area contributed by atoms with Crippen molar-refractivity contribution in [1.29, 1.82) is 0 Å². The maximum atomic E-state index is 12.2. The second-order valence-electron chi connectivity index (χ2n) is 10.6. The molecule has 2 fully saturated rings. The molecule has 0 aromatic rings. The van der Waals surface area contributed by atoms with Gasteiger partial charge in [-0.05, 0) is 101 Å². The van der Waals surface area contributed by atoms with Crippen LogP contribution < -0.4 is 0 Å². The van der Waals surface area contributed by atoms with E-state index in [2.05, 4.69) is 40.2 Å². The minimum Gasteiger partial charge on any atom is -0.392 e. The molecule has 4 heteroatoms. The summed E-state index contributed by atoms with van der Waals surface area (Å²) in [5.74, 6) is 0.409. The van der Waals surface area contributed by atoms with Gasteiger partial charge in [-0.2, -0.15) is 0 Å². The van der Waals surface area contributed by atoms with Gasteiger partial charge in [0.15, 0.2) is 0 Å². The number of allylic oxidation sites excluding steroid dienone is 3. The highest BCUT2D eigenvalue weighted by Crippen LogP contribution is 2.59. The number of aliphatic hydroxyl groups is 2. The SMILES string of the molecule is OCC1=C[C@]2(O)CC/C=C\CCCCN3CC[C@H]1[C@@]1(C[C@@H]4/C=C\CCCCN4[C@H]12)C3. The number of fused-ring (bicyclic) bond motifs is 2. The van der Waals surface area contributed by atoms with Crippen molar-refractivity contribution in [2.45, 2.75) is 81.9 Å². The van der Waals surface area contributed by atoms with Crippen LogP contribution in [0.1, 0.15) is 64.2 Å². The van der Waals surface area contributed by atoms with Gasteiger partial charge >= 0.3 is 0 Å². The van der Waals surface area contributed by atoms with E-state index in [1.54, 1.807) is 0 Å². The topological polar surface area (TPSA) is 46.9 Å². The van der Waals surface area contributed by atoms with Crippen LogP contribution in [0.2, 0.25) is 0 Å². The predicted octanol–water partition coefficient (Wildman–Crippen LogP) is 3.66. The van der Waals surface area contributed by atoms with Crippen LogP contribution in [0.25, 0.3) is 0 Å². The van der Waals surface area contributed by atoms with E-state index in [9.17, 15) is 10.2 Å². The van der Waals surface area contributed by atoms with E-state index in [0.29, 0.717) is 12.0 Å². The van der Waals surface area contributed by atoms with Crippen molar-refractivity contribution in [3.8, 4) is 0 Å². The first-order valence-electron chi connectivity index (χ1n) is 12.5. The molecule has 0 saturated carbocycles. The van der Waals surface area contributed by atoms with Crippen molar-refractivity contribution >= 4 is 0 Å². The summed E-state index contributed by atoms with van der Waals surface area (Å²) >= 11 is 0. The van der Waals surface area contributed by atoms with Crippen LogP contribution in [-0.2, 0) is 0 Å². The Kier molecular flexibility index (Phi) is 5.96. The van der Waals surface area contributed by atoms with Gasteiger partial charge in [0.2, 0.25) is 0 Å². The van der Waals surface area contributed by atoms with Crippen molar-refractivity contribution in [2.24, 2.45) is 11.3 Å². The molecule has 6 atom stereocenters. The molecule has 0 aromatic carbocycles. The smallest absolute Gasteiger partial charge is 0.0995 e. The van der Waals surface area contributed by atoms with Gasteiger partial charge in [-0.1, -0.05) is 24.3 Å². The van der Waals surface area contributed by atoms with Gasteiger partial charge in [0.1, 0.15) is 0 Å². The van der Waals surface area contributed by atoms with Crippen LogP contribution in [0.5, 0.6) is 0 Å². The molecule has 30 heavy (non-hydrogen) atoms. The van der Waals surface area contributed by atoms with Crippen LogP contribution in [0, 0.1) is 11.3 Å². The lowest BCUT2D eigenvalue weighted by molar-refractivity contribution is -0.0985. The van der Waals surface area contributed by atoms with E-state index >= 15 is 0 Å². The number of hydrogen-bond acceptors (Lipinski definition) is 4. The van der Waals surface area contributed by atoms with Gasteiger partial charge in [0, 0.05) is 18.0 Å². The Morgan fingerprint density at radius 1 is 0.967 bits per heavy atom. The zero-order valence-electron chi connectivity index (χ0n) is 18.5. The Labute approximate surface area is 182 Å². The van der Waals surface area contributed by atoms with Gasteiger partial charge < -0.3 is 15.1 Å². The maximum Gasteiger partial charge on any atom is 0.0995 e. The molecule has 1 spiro atoms. The molecule has 0 amide bonds. The van der Waals surface area contributed by atoms with E-state index in [-0.39, 0.29) is 18.1 Å². The Balaban J connectivity index is 1.62. The van der Waals surface area contributed by atoms with Crippen LogP contribution in [0.4, 0.5) is 0 Å². The van der Waals surface area contributed by atoms with E-state index < -0.39 is 5.60 Å². The molecular weight excluding hydrogens is 372 g/mol. The lowest BCUT2D eigenvalue weighted by Crippen LogP contribution is -2.66. The van der Waals surface area contributed by atoms with Crippen LogP contribution in [0.15, 0.2) is 36.0 Å². The van der Waals surface area contributed by atoms with Crippen molar-refractivity contribution in [2.75, 3.05) is 32.8 Å². The number of aliphatic hydroxyl groups excluding tert-OH is 1. The largest absolute Gasteiger partial charge is 0.392 e. The first-order valence-corrected chi connectivity index (χ1v) is 12.5. The minimum absolute atomic E-state index is 0.0525. The first kappa shape index (κ1) is 20.9. The second-order valence-corrected chi connectivity index (χ2v) is 10.6. The fraction of sp³-hybridized carbons (Fsp3) is 0.769. The van der Waals surface area contributed by atoms with Crippen molar-refractivity contribution in [1.82, 2.24) is 9.80 Å². The molecule has 166 valence electrons. The molecule has 2 saturated heterocycles. The molecule has 4 heterocycles. The third kappa shape index (κ3) is 3.54. The molecule has 0 radical (unpaired) electrons. The normalized spacial score (nSPS) is 46.8. The summed E-state index contributed by atoms with van der Waals surface area (Å²) in [5.41, 5.74) is 0.320. The zero-order chi connectivity index (χ0) is 20.6. The van der Waals surface area contributed by atoms with Gasteiger partial charge in [-0.15, -0.1) is 0 Å². The summed E-state index contributed by atoms with van der Waals surface area (Å²) in [6.07, 6.45) is 22.8. The second kappa shape index (κ2) is 8.54. The average Bonchev–Trinajstić information content (AvgIpc) is 3.01. The lowest BCUT2D eigenvalue weighted by atomic mass is 9.55. The Bertz CT molecular complexity index is 716. The summed E-state index contributed by atoms with van der Waals surface area (Å²) in [5, 5.41) is 22.6. The fourth-order valence-electron chi connectivity index (χ4n) is 7.66. The van der Waals surface area contributed by atoms with Crippen LogP contribution in [-0.4, -0.2) is 70.5 Å². The van der Waals surface area contributed by atoms with Crippen molar-refractivity contribution in [3.05, 3.63) is 36.0 Å². The molecular formula is C26H40N2O2. The first-order chi connectivity index (χ1) is 14.7. The molecule has 1 aliphatic carbocycles. The molecule has 0 aromatic heterocycles. The molecule has 5 aliphatic rings. The van der Waals surface area contributed by atoms with E-state index in [0.717, 1.165) is 57.3 Å². The van der Waals surface area contributed by atoms with Crippen molar-refractivity contribution < 1.29 is 10.2 Å². The average molecular weight is 413 g/mol. The summed E-state index contributed by atoms with van der Waals surface area (Å²) in [4.78, 5) is 5.37.